The summed E-state index contributed by atoms with van der Waals surface area (Å²) < 4.78 is 18.4. The number of methoxy groups -OCH3 is 1. The summed E-state index contributed by atoms with van der Waals surface area (Å²) in [5.74, 6) is 0.0197. The van der Waals surface area contributed by atoms with E-state index in [1.807, 2.05) is 44.6 Å². The van der Waals surface area contributed by atoms with E-state index in [4.69, 9.17) is 14.2 Å². The summed E-state index contributed by atoms with van der Waals surface area (Å²) in [6.45, 7) is 5.88. The highest BCUT2D eigenvalue weighted by atomic mass is 33.1. The molecule has 0 saturated heterocycles. The molecule has 73 heavy (non-hydrogen) atoms. The topological polar surface area (TPSA) is 174 Å². The van der Waals surface area contributed by atoms with Crippen LogP contribution in [0.5, 0.6) is 28.7 Å². The van der Waals surface area contributed by atoms with E-state index in [0.29, 0.717) is 79.1 Å². The van der Waals surface area contributed by atoms with Gasteiger partial charge in [0.15, 0.2) is 28.8 Å². The maximum Gasteiger partial charge on any atom is 0.164 e. The lowest BCUT2D eigenvalue weighted by atomic mass is 9.55. The molecule has 11 nitrogen and oxygen atoms in total. The molecule has 0 spiro atoms. The predicted molar refractivity (Wildman–Crippen MR) is 292 cm³/mol. The van der Waals surface area contributed by atoms with Crippen LogP contribution in [0.4, 0.5) is 0 Å². The monoisotopic (exact) mass is 1030 g/mol. The van der Waals surface area contributed by atoms with Crippen molar-refractivity contribution in [2.75, 3.05) is 33.1 Å². The van der Waals surface area contributed by atoms with Gasteiger partial charge in [-0.05, 0) is 181 Å². The Kier molecular flexibility index (Phi) is 17.0. The first-order valence-electron chi connectivity index (χ1n) is 26.1. The molecule has 2 saturated carbocycles. The molecule has 5 aromatic carbocycles. The van der Waals surface area contributed by atoms with Crippen LogP contribution < -0.4 is 14.8 Å². The fourth-order valence-electron chi connectivity index (χ4n) is 12.4. The molecule has 0 radical (unpaired) electrons. The minimum absolute atomic E-state index is 0.0103. The van der Waals surface area contributed by atoms with Crippen molar-refractivity contribution in [2.24, 2.45) is 23.7 Å². The number of aliphatic hydroxyl groups is 2. The van der Waals surface area contributed by atoms with E-state index in [1.165, 1.54) is 22.1 Å². The van der Waals surface area contributed by atoms with E-state index in [-0.39, 0.29) is 42.0 Å². The molecule has 3 aliphatic rings. The summed E-state index contributed by atoms with van der Waals surface area (Å²) in [7, 11) is 6.78. The number of aromatic nitrogens is 1. The van der Waals surface area contributed by atoms with Crippen LogP contribution in [0.2, 0.25) is 0 Å². The van der Waals surface area contributed by atoms with Crippen molar-refractivity contribution in [3.8, 4) is 28.7 Å². The van der Waals surface area contributed by atoms with Gasteiger partial charge >= 0.3 is 0 Å². The third-order valence-corrected chi connectivity index (χ3v) is 18.4. The second-order valence-electron chi connectivity index (χ2n) is 20.6. The second-order valence-corrected chi connectivity index (χ2v) is 23.1. The van der Waals surface area contributed by atoms with Crippen molar-refractivity contribution < 1.29 is 44.5 Å². The van der Waals surface area contributed by atoms with E-state index in [0.717, 1.165) is 59.7 Å². The number of hydrogen-bond donors (Lipinski definition) is 7. The minimum Gasteiger partial charge on any atom is -0.508 e. The number of Topliss-reactive ketones (excluding diaryl/α,β-unsaturated/α-hetero) is 1. The van der Waals surface area contributed by atoms with E-state index in [2.05, 4.69) is 47.6 Å². The zero-order valence-corrected chi connectivity index (χ0v) is 44.2. The number of aromatic hydroxyl groups is 3. The first-order valence-corrected chi connectivity index (χ1v) is 28.6. The number of fused-ring (bicyclic) bond motifs is 2. The molecule has 1 aromatic heterocycles. The van der Waals surface area contributed by atoms with Gasteiger partial charge < -0.3 is 50.0 Å². The highest BCUT2D eigenvalue weighted by molar-refractivity contribution is 8.76. The molecule has 2 heterocycles. The number of H-pyrrole nitrogens is 1. The lowest BCUT2D eigenvalue weighted by molar-refractivity contribution is -0.149. The first-order chi connectivity index (χ1) is 35.4. The Labute approximate surface area is 437 Å². The van der Waals surface area contributed by atoms with Crippen molar-refractivity contribution in [3.05, 3.63) is 147 Å². The molecule has 0 unspecified atom stereocenters. The number of aromatic amines is 1. The summed E-state index contributed by atoms with van der Waals surface area (Å²) in [6, 6.07) is 26.8. The molecule has 2 fully saturated rings. The summed E-state index contributed by atoms with van der Waals surface area (Å²) in [5, 5.41) is 66.2. The maximum atomic E-state index is 16.6. The molecule has 8 atom stereocenters. The van der Waals surface area contributed by atoms with Gasteiger partial charge in [0.1, 0.15) is 5.75 Å². The number of benzene rings is 5. The van der Waals surface area contributed by atoms with Crippen LogP contribution in [0, 0.1) is 23.7 Å². The van der Waals surface area contributed by atoms with Gasteiger partial charge in [-0.1, -0.05) is 77.0 Å². The van der Waals surface area contributed by atoms with Crippen LogP contribution >= 0.6 is 21.6 Å². The van der Waals surface area contributed by atoms with Crippen molar-refractivity contribution in [1.82, 2.24) is 10.3 Å². The Morgan fingerprint density at radius 2 is 1.71 bits per heavy atom. The van der Waals surface area contributed by atoms with Crippen molar-refractivity contribution in [3.63, 3.8) is 0 Å². The van der Waals surface area contributed by atoms with Gasteiger partial charge in [-0.15, -0.1) is 0 Å². The number of ketones is 1. The van der Waals surface area contributed by atoms with Crippen molar-refractivity contribution in [1.29, 1.82) is 0 Å². The zero-order valence-electron chi connectivity index (χ0n) is 42.6. The number of carbonyl (C=O) groups is 1. The summed E-state index contributed by atoms with van der Waals surface area (Å²) in [5.41, 5.74) is 6.51. The van der Waals surface area contributed by atoms with Crippen LogP contribution in [0.15, 0.2) is 97.3 Å². The number of phenolic OH excluding ortho intramolecular Hbond substituents is 3. The number of phenols is 3. The fourth-order valence-corrected chi connectivity index (χ4v) is 14.9. The number of aryl methyl sites for hydroxylation is 1. The van der Waals surface area contributed by atoms with Gasteiger partial charge in [0.05, 0.1) is 30.8 Å². The van der Waals surface area contributed by atoms with E-state index in [9.17, 15) is 25.5 Å². The van der Waals surface area contributed by atoms with Crippen LogP contribution in [-0.2, 0) is 59.3 Å². The molecule has 388 valence electrons. The Hall–Kier alpha value is -5.15. The standard InChI is InChI=1S/C60H72N2O9S2/c1-5-40-14-15-41-10-8-11-43-34-72-73-35-45-27-54(66)60(46-22-39(31-61-3)23-47(63)28-46,30-36-13-17-51(64)53(25-36)71-48-12-7-9-38(24-48)33-70-6-2)59(68)56(45)57(67)44(21-37-19-20-62-32-37)26-42-16-18-52(65)58(69-4)50(42)29-49(40)55(41)43/h8,10-11,13-20,22-23,25,28,32,38,44-45,48,54,56-57,61-67H,5-7,9,12,21,24,26-27,29-31,33-35H2,1-4H3/t38-,44-,45+,48-,54-,56-,57+,60-/m1/s1. The molecule has 13 heteroatoms. The maximum absolute atomic E-state index is 16.6. The minimum atomic E-state index is -1.63. The average molecular weight is 1030 g/mol. The Morgan fingerprint density at radius 3 is 2.49 bits per heavy atom. The first kappa shape index (κ1) is 52.7. The summed E-state index contributed by atoms with van der Waals surface area (Å²) >= 11 is 0. The molecular weight excluding hydrogens is 957 g/mol. The molecule has 1 aliphatic heterocycles. The smallest absolute Gasteiger partial charge is 0.164 e. The van der Waals surface area contributed by atoms with Gasteiger partial charge in [0.2, 0.25) is 0 Å². The largest absolute Gasteiger partial charge is 0.508 e. The van der Waals surface area contributed by atoms with E-state index < -0.39 is 35.4 Å². The van der Waals surface area contributed by atoms with Gasteiger partial charge in [-0.25, -0.2) is 0 Å². The number of carbonyl (C=O) groups excluding carboxylic acids is 1. The number of rotatable bonds is 14. The van der Waals surface area contributed by atoms with Gasteiger partial charge in [-0.2, -0.15) is 0 Å². The average Bonchev–Trinajstić information content (AvgIpc) is 3.90. The molecule has 9 rings (SSSR count). The Bertz CT molecular complexity index is 2860. The van der Waals surface area contributed by atoms with E-state index in [1.54, 1.807) is 65.1 Å². The highest BCUT2D eigenvalue weighted by Crippen LogP contribution is 2.51. The van der Waals surface area contributed by atoms with Gasteiger partial charge in [0, 0.05) is 61.6 Å². The lowest BCUT2D eigenvalue weighted by Gasteiger charge is -2.49. The molecule has 0 amide bonds. The Balaban J connectivity index is 1.17. The van der Waals surface area contributed by atoms with Crippen LogP contribution in [-0.4, -0.2) is 87.7 Å². The van der Waals surface area contributed by atoms with Crippen molar-refractivity contribution >= 4 is 38.1 Å². The zero-order chi connectivity index (χ0) is 51.2. The number of aliphatic hydroxyl groups excluding tert-OH is 2. The van der Waals surface area contributed by atoms with E-state index >= 15 is 4.79 Å². The SMILES string of the molecule is CCOC[C@@H]1CCC[C@@H](Oc2cc(C[C@]3(c4cc(O)cc(CNC)c4)C(=O)[C@@H]4[C@H](CSSCc5cccc6ccc(CC)c(c56)Cc5c(ccc(O)c5OC)C[C@@H](Cc5cc[nH]c5)[C@@H]4O)C[C@H]3O)ccc2O)C1. The summed E-state index contributed by atoms with van der Waals surface area (Å²) in [4.78, 5) is 19.8. The third kappa shape index (κ3) is 11.3. The van der Waals surface area contributed by atoms with Gasteiger partial charge in [-0.3, -0.25) is 4.79 Å². The molecule has 0 bridgehead atoms. The van der Waals surface area contributed by atoms with Crippen molar-refractivity contribution in [2.45, 2.75) is 114 Å². The van der Waals surface area contributed by atoms with Crippen LogP contribution in [0.1, 0.15) is 96.0 Å². The second kappa shape index (κ2) is 23.6. The van der Waals surface area contributed by atoms with Gasteiger partial charge in [0.25, 0.3) is 0 Å². The molecule has 2 aliphatic carbocycles. The number of ether oxygens (including phenoxy) is 3. The fraction of sp³-hybridized carbons (Fsp3) is 0.450. The molecular formula is C60H72N2O9S2. The number of hydrogen-bond acceptors (Lipinski definition) is 12. The number of nitrogens with one attached hydrogen (secondary N) is 2. The normalized spacial score (nSPS) is 24.8. The van der Waals surface area contributed by atoms with Crippen LogP contribution in [0.3, 0.4) is 0 Å². The van der Waals surface area contributed by atoms with Crippen LogP contribution in [0.25, 0.3) is 10.8 Å². The summed E-state index contributed by atoms with van der Waals surface area (Å²) in [6.07, 6.45) is 7.23. The lowest BCUT2D eigenvalue weighted by Crippen LogP contribution is -2.61. The molecule has 6 aromatic rings. The highest BCUT2D eigenvalue weighted by Gasteiger charge is 2.58. The quantitative estimate of drug-likeness (QED) is 0.0516. The Morgan fingerprint density at radius 1 is 0.863 bits per heavy atom. The third-order valence-electron chi connectivity index (χ3n) is 16.0. The predicted octanol–water partition coefficient (Wildman–Crippen LogP) is 10.5. The molecule has 7 N–H and O–H groups in total.